The van der Waals surface area contributed by atoms with E-state index < -0.39 is 21.9 Å². The third-order valence-corrected chi connectivity index (χ3v) is 3.83. The van der Waals surface area contributed by atoms with Gasteiger partial charge in [0.2, 0.25) is 10.0 Å². The Kier molecular flexibility index (Phi) is 5.12. The van der Waals surface area contributed by atoms with E-state index in [1.54, 1.807) is 6.92 Å². The first-order chi connectivity index (χ1) is 8.72. The zero-order valence-electron chi connectivity index (χ0n) is 10.9. The number of nitrogens with zero attached hydrogens (tertiary/aromatic N) is 1. The Hall–Kier alpha value is -1.35. The first kappa shape index (κ1) is 15.7. The summed E-state index contributed by atoms with van der Waals surface area (Å²) >= 11 is 0. The highest BCUT2D eigenvalue weighted by molar-refractivity contribution is 7.88. The fraction of sp³-hybridized carbons (Fsp3) is 0.800. The van der Waals surface area contributed by atoms with E-state index in [1.165, 1.54) is 4.90 Å². The molecule has 2 atom stereocenters. The van der Waals surface area contributed by atoms with Crippen molar-refractivity contribution in [1.82, 2.24) is 14.9 Å². The minimum Gasteiger partial charge on any atom is -0.481 e. The Bertz CT molecular complexity index is 450. The highest BCUT2D eigenvalue weighted by atomic mass is 32.2. The normalized spacial score (nSPS) is 23.4. The van der Waals surface area contributed by atoms with Gasteiger partial charge in [-0.15, -0.1) is 0 Å². The van der Waals surface area contributed by atoms with Crippen LogP contribution in [-0.2, 0) is 14.8 Å². The van der Waals surface area contributed by atoms with Gasteiger partial charge >= 0.3 is 12.0 Å². The highest BCUT2D eigenvalue weighted by Gasteiger charge is 2.37. The van der Waals surface area contributed by atoms with Gasteiger partial charge in [-0.1, -0.05) is 0 Å². The predicted octanol–water partition coefficient (Wildman–Crippen LogP) is -0.960. The maximum atomic E-state index is 11.8. The average molecular weight is 293 g/mol. The Labute approximate surface area is 112 Å². The molecule has 2 amide bonds. The zero-order valence-corrected chi connectivity index (χ0v) is 11.7. The Balaban J connectivity index is 2.37. The molecule has 1 rings (SSSR count). The summed E-state index contributed by atoms with van der Waals surface area (Å²) in [6.07, 6.45) is 1.47. The third-order valence-electron chi connectivity index (χ3n) is 3.10. The molecule has 0 saturated carbocycles. The zero-order chi connectivity index (χ0) is 14.6. The summed E-state index contributed by atoms with van der Waals surface area (Å²) in [5.41, 5.74) is 0. The lowest BCUT2D eigenvalue weighted by Gasteiger charge is -2.23. The van der Waals surface area contributed by atoms with E-state index in [2.05, 4.69) is 10.0 Å². The second-order valence-electron chi connectivity index (χ2n) is 4.57. The number of aliphatic carboxylic acids is 1. The van der Waals surface area contributed by atoms with Gasteiger partial charge in [0.1, 0.15) is 0 Å². The van der Waals surface area contributed by atoms with Crippen LogP contribution in [0.4, 0.5) is 4.79 Å². The van der Waals surface area contributed by atoms with Crippen molar-refractivity contribution in [3.05, 3.63) is 0 Å². The van der Waals surface area contributed by atoms with Crippen molar-refractivity contribution in [2.75, 3.05) is 25.9 Å². The Morgan fingerprint density at radius 1 is 1.37 bits per heavy atom. The predicted molar refractivity (Wildman–Crippen MR) is 68.2 cm³/mol. The van der Waals surface area contributed by atoms with Crippen LogP contribution in [0.3, 0.4) is 0 Å². The minimum atomic E-state index is -3.26. The lowest BCUT2D eigenvalue weighted by atomic mass is 10.0. The molecule has 2 unspecified atom stereocenters. The lowest BCUT2D eigenvalue weighted by Crippen LogP contribution is -2.45. The van der Waals surface area contributed by atoms with E-state index in [-0.39, 0.29) is 25.2 Å². The van der Waals surface area contributed by atoms with Gasteiger partial charge in [0.05, 0.1) is 12.2 Å². The molecular weight excluding hydrogens is 274 g/mol. The second kappa shape index (κ2) is 6.20. The quantitative estimate of drug-likeness (QED) is 0.565. The second-order valence-corrected chi connectivity index (χ2v) is 6.40. The molecule has 1 aliphatic heterocycles. The molecule has 1 aliphatic rings. The molecule has 1 fully saturated rings. The summed E-state index contributed by atoms with van der Waals surface area (Å²) in [5, 5.41) is 11.5. The van der Waals surface area contributed by atoms with Gasteiger partial charge in [-0.3, -0.25) is 4.79 Å². The molecule has 0 aromatic rings. The molecule has 8 nitrogen and oxygen atoms in total. The summed E-state index contributed by atoms with van der Waals surface area (Å²) in [4.78, 5) is 24.2. The number of likely N-dealkylation sites (tertiary alicyclic amines) is 1. The van der Waals surface area contributed by atoms with Crippen LogP contribution in [0.5, 0.6) is 0 Å². The SMILES string of the molecule is CC1C(C(=O)O)CCN1C(=O)NCCNS(C)(=O)=O. The maximum Gasteiger partial charge on any atom is 0.317 e. The van der Waals surface area contributed by atoms with Crippen molar-refractivity contribution < 1.29 is 23.1 Å². The van der Waals surface area contributed by atoms with Gasteiger partial charge < -0.3 is 15.3 Å². The fourth-order valence-corrected chi connectivity index (χ4v) is 2.54. The molecule has 19 heavy (non-hydrogen) atoms. The number of amides is 2. The fourth-order valence-electron chi connectivity index (χ4n) is 2.06. The smallest absolute Gasteiger partial charge is 0.317 e. The van der Waals surface area contributed by atoms with Gasteiger partial charge in [-0.25, -0.2) is 17.9 Å². The molecule has 1 saturated heterocycles. The monoisotopic (exact) mass is 293 g/mol. The van der Waals surface area contributed by atoms with Gasteiger partial charge in [-0.2, -0.15) is 0 Å². The third kappa shape index (κ3) is 4.67. The van der Waals surface area contributed by atoms with Crippen LogP contribution in [0, 0.1) is 5.92 Å². The largest absolute Gasteiger partial charge is 0.481 e. The topological polar surface area (TPSA) is 116 Å². The van der Waals surface area contributed by atoms with Gasteiger partial charge in [0.25, 0.3) is 0 Å². The van der Waals surface area contributed by atoms with Crippen LogP contribution in [0.25, 0.3) is 0 Å². The van der Waals surface area contributed by atoms with Crippen LogP contribution in [0.1, 0.15) is 13.3 Å². The van der Waals surface area contributed by atoms with E-state index >= 15 is 0 Å². The van der Waals surface area contributed by atoms with E-state index in [1.807, 2.05) is 0 Å². The van der Waals surface area contributed by atoms with E-state index in [9.17, 15) is 18.0 Å². The standard InChI is InChI=1S/C10H19N3O5S/c1-7-8(9(14)15)3-6-13(7)10(16)11-4-5-12-19(2,17)18/h7-8,12H,3-6H2,1-2H3,(H,11,16)(H,14,15). The van der Waals surface area contributed by atoms with Crippen molar-refractivity contribution in [1.29, 1.82) is 0 Å². The van der Waals surface area contributed by atoms with Crippen molar-refractivity contribution in [2.45, 2.75) is 19.4 Å². The molecule has 3 N–H and O–H groups in total. The number of carboxylic acid groups (broad SMARTS) is 1. The lowest BCUT2D eigenvalue weighted by molar-refractivity contribution is -0.142. The summed E-state index contributed by atoms with van der Waals surface area (Å²) in [6.45, 7) is 2.35. The first-order valence-electron chi connectivity index (χ1n) is 5.94. The van der Waals surface area contributed by atoms with Gasteiger partial charge in [0.15, 0.2) is 0 Å². The molecule has 0 radical (unpaired) electrons. The molecule has 1 heterocycles. The number of nitrogens with one attached hydrogen (secondary N) is 2. The molecule has 9 heteroatoms. The number of hydrogen-bond donors (Lipinski definition) is 3. The maximum absolute atomic E-state index is 11.8. The van der Waals surface area contributed by atoms with E-state index in [0.717, 1.165) is 6.26 Å². The van der Waals surface area contributed by atoms with Crippen LogP contribution in [0.15, 0.2) is 0 Å². The van der Waals surface area contributed by atoms with Crippen LogP contribution in [-0.4, -0.2) is 62.4 Å². The van der Waals surface area contributed by atoms with E-state index in [0.29, 0.717) is 13.0 Å². The van der Waals surface area contributed by atoms with Crippen molar-refractivity contribution in [3.8, 4) is 0 Å². The molecule has 0 spiro atoms. The average Bonchev–Trinajstić information content (AvgIpc) is 2.65. The molecular formula is C10H19N3O5S. The molecule has 0 aliphatic carbocycles. The number of urea groups is 1. The number of sulfonamides is 1. The summed E-state index contributed by atoms with van der Waals surface area (Å²) in [5.74, 6) is -1.44. The molecule has 0 aromatic carbocycles. The van der Waals surface area contributed by atoms with Crippen molar-refractivity contribution in [3.63, 3.8) is 0 Å². The summed E-state index contributed by atoms with van der Waals surface area (Å²) < 4.78 is 23.9. The molecule has 0 bridgehead atoms. The Morgan fingerprint density at radius 2 is 2.00 bits per heavy atom. The van der Waals surface area contributed by atoms with E-state index in [4.69, 9.17) is 5.11 Å². The van der Waals surface area contributed by atoms with Crippen LogP contribution < -0.4 is 10.0 Å². The van der Waals surface area contributed by atoms with Crippen LogP contribution in [0.2, 0.25) is 0 Å². The summed E-state index contributed by atoms with van der Waals surface area (Å²) in [6, 6.07) is -0.730. The Morgan fingerprint density at radius 3 is 2.47 bits per heavy atom. The number of carboxylic acids is 1. The number of rotatable bonds is 5. The van der Waals surface area contributed by atoms with Crippen molar-refractivity contribution in [2.24, 2.45) is 5.92 Å². The highest BCUT2D eigenvalue weighted by Crippen LogP contribution is 2.23. The number of carbonyl (C=O) groups is 2. The number of carbonyl (C=O) groups excluding carboxylic acids is 1. The molecule has 110 valence electrons. The minimum absolute atomic E-state index is 0.106. The summed E-state index contributed by atoms with van der Waals surface area (Å²) in [7, 11) is -3.26. The molecule has 0 aromatic heterocycles. The van der Waals surface area contributed by atoms with Crippen LogP contribution >= 0.6 is 0 Å². The first-order valence-corrected chi connectivity index (χ1v) is 7.83. The van der Waals surface area contributed by atoms with Gasteiger partial charge in [-0.05, 0) is 13.3 Å². The van der Waals surface area contributed by atoms with Crippen molar-refractivity contribution >= 4 is 22.0 Å². The van der Waals surface area contributed by atoms with Gasteiger partial charge in [0, 0.05) is 25.7 Å². The number of hydrogen-bond acceptors (Lipinski definition) is 4.